The van der Waals surface area contributed by atoms with Crippen LogP contribution in [-0.2, 0) is 11.3 Å². The van der Waals surface area contributed by atoms with Gasteiger partial charge in [0.25, 0.3) is 0 Å². The maximum Gasteiger partial charge on any atom is 0.217 e. The minimum absolute atomic E-state index is 0.0518. The van der Waals surface area contributed by atoms with Crippen LogP contribution in [0, 0.1) is 5.21 Å². The van der Waals surface area contributed by atoms with E-state index in [2.05, 4.69) is 5.32 Å². The van der Waals surface area contributed by atoms with Gasteiger partial charge in [0, 0.05) is 39.8 Å². The summed E-state index contributed by atoms with van der Waals surface area (Å²) >= 11 is 0. The third-order valence-corrected chi connectivity index (χ3v) is 2.45. The van der Waals surface area contributed by atoms with E-state index in [0.717, 1.165) is 15.9 Å². The number of hydrogen-bond acceptors (Lipinski definition) is 2. The van der Waals surface area contributed by atoms with Crippen LogP contribution in [0.1, 0.15) is 38.8 Å². The fourth-order valence-electron chi connectivity index (χ4n) is 1.28. The second-order valence-corrected chi connectivity index (χ2v) is 5.28. The van der Waals surface area contributed by atoms with E-state index in [9.17, 15) is 10.0 Å². The van der Waals surface area contributed by atoms with Gasteiger partial charge in [0.1, 0.15) is 0 Å². The molecule has 1 aromatic rings. The molecule has 0 aliphatic heterocycles. The molecule has 0 saturated heterocycles. The number of amides is 1. The van der Waals surface area contributed by atoms with Gasteiger partial charge >= 0.3 is 0 Å². The molecule has 18 heavy (non-hydrogen) atoms. The molecular formula is C14H20N2O2. The van der Waals surface area contributed by atoms with E-state index in [1.807, 2.05) is 45.0 Å². The molecule has 0 fully saturated rings. The highest BCUT2D eigenvalue weighted by atomic mass is 16.5. The third kappa shape index (κ3) is 4.57. The number of nitrogens with zero attached hydrogens (tertiary/aromatic N) is 1. The van der Waals surface area contributed by atoms with Crippen LogP contribution in [0.5, 0.6) is 0 Å². The van der Waals surface area contributed by atoms with Gasteiger partial charge in [-0.05, 0) is 17.7 Å². The van der Waals surface area contributed by atoms with Gasteiger partial charge in [-0.3, -0.25) is 4.79 Å². The molecule has 1 rings (SSSR count). The molecule has 0 spiro atoms. The van der Waals surface area contributed by atoms with E-state index in [-0.39, 0.29) is 5.91 Å². The Morgan fingerprint density at radius 3 is 2.33 bits per heavy atom. The maximum atomic E-state index is 11.7. The Balaban J connectivity index is 2.74. The Kier molecular flexibility index (Phi) is 4.48. The molecule has 0 bridgehead atoms. The Morgan fingerprint density at radius 1 is 1.33 bits per heavy atom. The van der Waals surface area contributed by atoms with Crippen LogP contribution in [0.2, 0.25) is 0 Å². The standard InChI is InChI=1S/C14H20N2O2/c1-11(17)15-9-12-5-7-13(8-6-12)10-16(18)14(2,3)4/h5-8,10H,9H2,1-4H3,(H,15,17)/b16-10-. The van der Waals surface area contributed by atoms with Crippen molar-refractivity contribution in [3.8, 4) is 0 Å². The minimum atomic E-state index is -0.436. The average molecular weight is 248 g/mol. The molecule has 0 aliphatic rings. The van der Waals surface area contributed by atoms with Gasteiger partial charge in [-0.1, -0.05) is 12.1 Å². The summed E-state index contributed by atoms with van der Waals surface area (Å²) in [6.45, 7) is 7.59. The topological polar surface area (TPSA) is 55.2 Å². The summed E-state index contributed by atoms with van der Waals surface area (Å²) in [7, 11) is 0. The van der Waals surface area contributed by atoms with E-state index in [0.29, 0.717) is 6.54 Å². The van der Waals surface area contributed by atoms with Gasteiger partial charge in [-0.2, -0.15) is 0 Å². The molecular weight excluding hydrogens is 228 g/mol. The van der Waals surface area contributed by atoms with Crippen molar-refractivity contribution in [2.45, 2.75) is 39.8 Å². The molecule has 1 amide bonds. The zero-order valence-electron chi connectivity index (χ0n) is 11.4. The predicted molar refractivity (Wildman–Crippen MR) is 72.5 cm³/mol. The Bertz CT molecular complexity index is 442. The van der Waals surface area contributed by atoms with Crippen molar-refractivity contribution >= 4 is 12.1 Å². The summed E-state index contributed by atoms with van der Waals surface area (Å²) in [6.07, 6.45) is 1.57. The first-order chi connectivity index (χ1) is 8.29. The summed E-state index contributed by atoms with van der Waals surface area (Å²) in [5.74, 6) is -0.0518. The molecule has 1 aromatic carbocycles. The lowest BCUT2D eigenvalue weighted by atomic mass is 10.1. The second kappa shape index (κ2) is 5.67. The highest BCUT2D eigenvalue weighted by molar-refractivity contribution is 5.76. The van der Waals surface area contributed by atoms with E-state index >= 15 is 0 Å². The van der Waals surface area contributed by atoms with Crippen LogP contribution >= 0.6 is 0 Å². The number of hydroxylamine groups is 1. The monoisotopic (exact) mass is 248 g/mol. The van der Waals surface area contributed by atoms with E-state index < -0.39 is 5.54 Å². The predicted octanol–water partition coefficient (Wildman–Crippen LogP) is 2.05. The highest BCUT2D eigenvalue weighted by Gasteiger charge is 2.17. The lowest BCUT2D eigenvalue weighted by Gasteiger charge is -2.18. The van der Waals surface area contributed by atoms with E-state index in [4.69, 9.17) is 0 Å². The average Bonchev–Trinajstić information content (AvgIpc) is 2.26. The molecule has 98 valence electrons. The Morgan fingerprint density at radius 2 is 1.89 bits per heavy atom. The van der Waals surface area contributed by atoms with Gasteiger partial charge in [-0.25, -0.2) is 4.74 Å². The van der Waals surface area contributed by atoms with Gasteiger partial charge in [0.2, 0.25) is 5.91 Å². The van der Waals surface area contributed by atoms with Crippen molar-refractivity contribution in [3.05, 3.63) is 40.6 Å². The summed E-state index contributed by atoms with van der Waals surface area (Å²) in [5.41, 5.74) is 1.43. The number of rotatable bonds is 3. The largest absolute Gasteiger partial charge is 0.623 e. The van der Waals surface area contributed by atoms with Crippen LogP contribution in [0.4, 0.5) is 0 Å². The summed E-state index contributed by atoms with van der Waals surface area (Å²) in [4.78, 5) is 10.8. The van der Waals surface area contributed by atoms with Crippen LogP contribution in [-0.4, -0.2) is 22.4 Å². The van der Waals surface area contributed by atoms with Gasteiger partial charge < -0.3 is 10.5 Å². The van der Waals surface area contributed by atoms with Crippen molar-refractivity contribution in [2.75, 3.05) is 0 Å². The Hall–Kier alpha value is -1.84. The summed E-state index contributed by atoms with van der Waals surface area (Å²) < 4.78 is 0.940. The molecule has 4 nitrogen and oxygen atoms in total. The first-order valence-electron chi connectivity index (χ1n) is 5.94. The summed E-state index contributed by atoms with van der Waals surface area (Å²) in [6, 6.07) is 7.54. The normalized spacial score (nSPS) is 12.3. The lowest BCUT2D eigenvalue weighted by Crippen LogP contribution is -2.29. The SMILES string of the molecule is CC(=O)NCc1ccc(/C=[N+](\[O-])C(C)(C)C)cc1. The van der Waals surface area contributed by atoms with Crippen LogP contribution < -0.4 is 5.32 Å². The molecule has 0 atom stereocenters. The molecule has 0 aromatic heterocycles. The van der Waals surface area contributed by atoms with Crippen molar-refractivity contribution in [3.63, 3.8) is 0 Å². The molecule has 1 N–H and O–H groups in total. The fraction of sp³-hybridized carbons (Fsp3) is 0.429. The number of carbonyl (C=O) groups is 1. The van der Waals surface area contributed by atoms with Crippen LogP contribution in [0.3, 0.4) is 0 Å². The van der Waals surface area contributed by atoms with Gasteiger partial charge in [0.05, 0.1) is 0 Å². The quantitative estimate of drug-likeness (QED) is 0.385. The number of carbonyl (C=O) groups excluding carboxylic acids is 1. The first-order valence-corrected chi connectivity index (χ1v) is 5.94. The first kappa shape index (κ1) is 14.2. The molecule has 0 unspecified atom stereocenters. The smallest absolute Gasteiger partial charge is 0.217 e. The number of benzene rings is 1. The van der Waals surface area contributed by atoms with Gasteiger partial charge in [-0.15, -0.1) is 0 Å². The minimum Gasteiger partial charge on any atom is -0.623 e. The van der Waals surface area contributed by atoms with Crippen LogP contribution in [0.15, 0.2) is 24.3 Å². The number of nitrogens with one attached hydrogen (secondary N) is 1. The van der Waals surface area contributed by atoms with Crippen molar-refractivity contribution in [1.29, 1.82) is 0 Å². The molecule has 0 aliphatic carbocycles. The van der Waals surface area contributed by atoms with Crippen molar-refractivity contribution in [2.24, 2.45) is 0 Å². The zero-order chi connectivity index (χ0) is 13.8. The zero-order valence-corrected chi connectivity index (χ0v) is 11.4. The second-order valence-electron chi connectivity index (χ2n) is 5.28. The lowest BCUT2D eigenvalue weighted by molar-refractivity contribution is -0.530. The molecule has 0 heterocycles. The van der Waals surface area contributed by atoms with E-state index in [1.54, 1.807) is 6.21 Å². The number of hydrogen-bond donors (Lipinski definition) is 1. The highest BCUT2D eigenvalue weighted by Crippen LogP contribution is 2.07. The van der Waals surface area contributed by atoms with Crippen molar-refractivity contribution in [1.82, 2.24) is 5.32 Å². The molecule has 0 saturated carbocycles. The summed E-state index contributed by atoms with van der Waals surface area (Å²) in [5, 5.41) is 14.5. The Labute approximate surface area is 108 Å². The third-order valence-electron chi connectivity index (χ3n) is 2.45. The molecule has 0 radical (unpaired) electrons. The van der Waals surface area contributed by atoms with Gasteiger partial charge in [0.15, 0.2) is 11.8 Å². The van der Waals surface area contributed by atoms with Crippen molar-refractivity contribution < 1.29 is 9.53 Å². The van der Waals surface area contributed by atoms with E-state index in [1.165, 1.54) is 6.92 Å². The van der Waals surface area contributed by atoms with Crippen LogP contribution in [0.25, 0.3) is 0 Å². The molecule has 4 heteroatoms. The maximum absolute atomic E-state index is 11.7. The fourth-order valence-corrected chi connectivity index (χ4v) is 1.28.